The molecule has 22 heavy (non-hydrogen) atoms. The van der Waals surface area contributed by atoms with Crippen molar-refractivity contribution in [2.45, 2.75) is 71.4 Å². The second-order valence-corrected chi connectivity index (χ2v) is 7.52. The molecule has 0 bridgehead atoms. The van der Waals surface area contributed by atoms with Crippen LogP contribution in [0.4, 0.5) is 9.18 Å². The molecule has 0 aromatic carbocycles. The number of alkyl halides is 1. The Bertz CT molecular complexity index is 325. The summed E-state index contributed by atoms with van der Waals surface area (Å²) in [5.41, 5.74) is -0.508. The maximum absolute atomic E-state index is 13.0. The van der Waals surface area contributed by atoms with E-state index in [-0.39, 0.29) is 18.5 Å². The Morgan fingerprint density at radius 3 is 2.41 bits per heavy atom. The summed E-state index contributed by atoms with van der Waals surface area (Å²) >= 11 is 0. The van der Waals surface area contributed by atoms with Crippen molar-refractivity contribution in [1.82, 2.24) is 10.6 Å². The SMILES string of the molecule is CC(CF)C(CNC(=O)OC(C)(C)C)CNC1CCCCC1. The van der Waals surface area contributed by atoms with Crippen molar-refractivity contribution in [3.8, 4) is 0 Å². The van der Waals surface area contributed by atoms with Crippen LogP contribution in [0.2, 0.25) is 0 Å². The van der Waals surface area contributed by atoms with Crippen LogP contribution in [0, 0.1) is 11.8 Å². The summed E-state index contributed by atoms with van der Waals surface area (Å²) < 4.78 is 18.3. The van der Waals surface area contributed by atoms with Crippen molar-refractivity contribution in [3.63, 3.8) is 0 Å². The van der Waals surface area contributed by atoms with E-state index in [0.29, 0.717) is 12.6 Å². The minimum Gasteiger partial charge on any atom is -0.444 e. The Morgan fingerprint density at radius 2 is 1.86 bits per heavy atom. The highest BCUT2D eigenvalue weighted by Gasteiger charge is 2.22. The van der Waals surface area contributed by atoms with Gasteiger partial charge < -0.3 is 15.4 Å². The summed E-state index contributed by atoms with van der Waals surface area (Å²) in [6.45, 7) is 8.21. The van der Waals surface area contributed by atoms with Gasteiger partial charge in [-0.05, 0) is 45.4 Å². The van der Waals surface area contributed by atoms with Crippen molar-refractivity contribution in [2.24, 2.45) is 11.8 Å². The van der Waals surface area contributed by atoms with E-state index in [1.54, 1.807) is 0 Å². The standard InChI is InChI=1S/C17H33FN2O2/c1-13(10-18)14(11-19-15-8-6-5-7-9-15)12-20-16(21)22-17(2,3)4/h13-15,19H,5-12H2,1-4H3,(H,20,21). The second kappa shape index (κ2) is 9.33. The van der Waals surface area contributed by atoms with Crippen LogP contribution in [0.3, 0.4) is 0 Å². The van der Waals surface area contributed by atoms with E-state index in [2.05, 4.69) is 10.6 Å². The summed E-state index contributed by atoms with van der Waals surface area (Å²) in [6, 6.07) is 0.546. The molecule has 2 atom stereocenters. The number of hydrogen-bond donors (Lipinski definition) is 2. The van der Waals surface area contributed by atoms with Crippen LogP contribution in [0.25, 0.3) is 0 Å². The van der Waals surface area contributed by atoms with Gasteiger partial charge in [0, 0.05) is 19.1 Å². The Kier molecular flexibility index (Phi) is 8.15. The number of alkyl carbamates (subject to hydrolysis) is 1. The van der Waals surface area contributed by atoms with Gasteiger partial charge >= 0.3 is 6.09 Å². The van der Waals surface area contributed by atoms with Crippen LogP contribution >= 0.6 is 0 Å². The number of halogens is 1. The van der Waals surface area contributed by atoms with E-state index in [0.717, 1.165) is 6.54 Å². The lowest BCUT2D eigenvalue weighted by molar-refractivity contribution is 0.0511. The molecule has 2 unspecified atom stereocenters. The van der Waals surface area contributed by atoms with Gasteiger partial charge in [0.25, 0.3) is 0 Å². The number of nitrogens with one attached hydrogen (secondary N) is 2. The highest BCUT2D eigenvalue weighted by atomic mass is 19.1. The molecule has 2 N–H and O–H groups in total. The first-order valence-corrected chi connectivity index (χ1v) is 8.58. The zero-order valence-electron chi connectivity index (χ0n) is 14.6. The fourth-order valence-corrected chi connectivity index (χ4v) is 2.75. The highest BCUT2D eigenvalue weighted by molar-refractivity contribution is 5.67. The molecule has 1 amide bonds. The number of hydrogen-bond acceptors (Lipinski definition) is 3. The fraction of sp³-hybridized carbons (Fsp3) is 0.941. The molecule has 0 aromatic rings. The van der Waals surface area contributed by atoms with Crippen molar-refractivity contribution >= 4 is 6.09 Å². The summed E-state index contributed by atoms with van der Waals surface area (Å²) in [6.07, 6.45) is 5.85. The Balaban J connectivity index is 2.38. The number of rotatable bonds is 7. The lowest BCUT2D eigenvalue weighted by Crippen LogP contribution is -2.43. The first-order valence-electron chi connectivity index (χ1n) is 8.58. The third-order valence-corrected chi connectivity index (χ3v) is 4.23. The summed E-state index contributed by atoms with van der Waals surface area (Å²) in [5.74, 6) is 0.00507. The largest absolute Gasteiger partial charge is 0.444 e. The minimum atomic E-state index is -0.508. The number of ether oxygens (including phenoxy) is 1. The average molecular weight is 316 g/mol. The molecule has 1 saturated carbocycles. The number of carbonyl (C=O) groups excluding carboxylic acids is 1. The summed E-state index contributed by atoms with van der Waals surface area (Å²) in [5, 5.41) is 6.32. The van der Waals surface area contributed by atoms with Crippen LogP contribution in [-0.4, -0.2) is 37.5 Å². The molecular formula is C17H33FN2O2. The molecule has 1 rings (SSSR count). The van der Waals surface area contributed by atoms with E-state index >= 15 is 0 Å². The fourth-order valence-electron chi connectivity index (χ4n) is 2.75. The van der Waals surface area contributed by atoms with Gasteiger partial charge in [-0.15, -0.1) is 0 Å². The van der Waals surface area contributed by atoms with Crippen LogP contribution < -0.4 is 10.6 Å². The second-order valence-electron chi connectivity index (χ2n) is 7.52. The lowest BCUT2D eigenvalue weighted by atomic mass is 9.92. The molecule has 5 heteroatoms. The Morgan fingerprint density at radius 1 is 1.23 bits per heavy atom. The van der Waals surface area contributed by atoms with E-state index in [1.807, 2.05) is 27.7 Å². The van der Waals surface area contributed by atoms with Gasteiger partial charge in [0.15, 0.2) is 0 Å². The number of amides is 1. The Labute approximate surface area is 134 Å². The number of carbonyl (C=O) groups is 1. The van der Waals surface area contributed by atoms with E-state index in [4.69, 9.17) is 4.74 Å². The van der Waals surface area contributed by atoms with Gasteiger partial charge in [-0.1, -0.05) is 26.2 Å². The van der Waals surface area contributed by atoms with Crippen molar-refractivity contribution < 1.29 is 13.9 Å². The van der Waals surface area contributed by atoms with Gasteiger partial charge in [-0.3, -0.25) is 4.39 Å². The van der Waals surface area contributed by atoms with Crippen LogP contribution in [0.15, 0.2) is 0 Å². The topological polar surface area (TPSA) is 50.4 Å². The molecule has 0 saturated heterocycles. The zero-order valence-corrected chi connectivity index (χ0v) is 14.6. The minimum absolute atomic E-state index is 0.0778. The molecule has 0 radical (unpaired) electrons. The van der Waals surface area contributed by atoms with Gasteiger partial charge in [-0.2, -0.15) is 0 Å². The lowest BCUT2D eigenvalue weighted by Gasteiger charge is -2.28. The highest BCUT2D eigenvalue weighted by Crippen LogP contribution is 2.19. The predicted octanol–water partition coefficient (Wildman–Crippen LogP) is 3.66. The van der Waals surface area contributed by atoms with Crippen LogP contribution in [0.1, 0.15) is 59.8 Å². The predicted molar refractivity (Wildman–Crippen MR) is 87.7 cm³/mol. The first-order chi connectivity index (χ1) is 10.3. The normalized spacial score (nSPS) is 19.5. The molecule has 0 spiro atoms. The quantitative estimate of drug-likeness (QED) is 0.753. The molecular weight excluding hydrogens is 283 g/mol. The van der Waals surface area contributed by atoms with Crippen molar-refractivity contribution in [2.75, 3.05) is 19.8 Å². The van der Waals surface area contributed by atoms with E-state index < -0.39 is 11.7 Å². The van der Waals surface area contributed by atoms with Gasteiger partial charge in [-0.25, -0.2) is 4.79 Å². The monoisotopic (exact) mass is 316 g/mol. The van der Waals surface area contributed by atoms with Crippen molar-refractivity contribution in [1.29, 1.82) is 0 Å². The first kappa shape index (κ1) is 19.2. The molecule has 1 fully saturated rings. The molecule has 1 aliphatic carbocycles. The van der Waals surface area contributed by atoms with Crippen LogP contribution in [-0.2, 0) is 4.74 Å². The van der Waals surface area contributed by atoms with E-state index in [1.165, 1.54) is 32.1 Å². The molecule has 0 aromatic heterocycles. The van der Waals surface area contributed by atoms with Crippen molar-refractivity contribution in [3.05, 3.63) is 0 Å². The Hall–Kier alpha value is -0.840. The average Bonchev–Trinajstić information content (AvgIpc) is 2.45. The van der Waals surface area contributed by atoms with Gasteiger partial charge in [0.1, 0.15) is 5.60 Å². The third kappa shape index (κ3) is 7.97. The molecule has 4 nitrogen and oxygen atoms in total. The molecule has 0 aliphatic heterocycles. The molecule has 0 heterocycles. The molecule has 1 aliphatic rings. The van der Waals surface area contributed by atoms with Crippen LogP contribution in [0.5, 0.6) is 0 Å². The summed E-state index contributed by atoms with van der Waals surface area (Å²) in [7, 11) is 0. The maximum Gasteiger partial charge on any atom is 0.407 e. The zero-order chi connectivity index (χ0) is 16.6. The van der Waals surface area contributed by atoms with Gasteiger partial charge in [0.2, 0.25) is 0 Å². The maximum atomic E-state index is 13.0. The smallest absolute Gasteiger partial charge is 0.407 e. The molecule has 130 valence electrons. The summed E-state index contributed by atoms with van der Waals surface area (Å²) in [4.78, 5) is 11.7. The van der Waals surface area contributed by atoms with E-state index in [9.17, 15) is 9.18 Å². The third-order valence-electron chi connectivity index (χ3n) is 4.23. The van der Waals surface area contributed by atoms with Gasteiger partial charge in [0.05, 0.1) is 6.67 Å².